The number of hydrogen-bond donors (Lipinski definition) is 1. The third kappa shape index (κ3) is 3.31. The smallest absolute Gasteiger partial charge is 0.0548 e. The fourth-order valence-electron chi connectivity index (χ4n) is 0.854. The van der Waals surface area contributed by atoms with E-state index in [1.54, 1.807) is 0 Å². The van der Waals surface area contributed by atoms with E-state index in [-0.39, 0.29) is 12.4 Å². The Hall–Kier alpha value is 0.240. The first-order valence-electron chi connectivity index (χ1n) is 3.32. The van der Waals surface area contributed by atoms with E-state index in [0.29, 0.717) is 0 Å². The molecular weight excluding hydrogens is 261 g/mol. The summed E-state index contributed by atoms with van der Waals surface area (Å²) in [6.07, 6.45) is 0. The fraction of sp³-hybridized carbons (Fsp3) is 0.250. The molecule has 0 aliphatic heterocycles. The van der Waals surface area contributed by atoms with Crippen molar-refractivity contribution in [1.82, 2.24) is 5.32 Å². The Kier molecular flexibility index (Phi) is 5.93. The van der Waals surface area contributed by atoms with Gasteiger partial charge in [-0.25, -0.2) is 0 Å². The van der Waals surface area contributed by atoms with Gasteiger partial charge in [-0.3, -0.25) is 0 Å². The highest BCUT2D eigenvalue weighted by Gasteiger charge is 1.96. The minimum absolute atomic E-state index is 0. The summed E-state index contributed by atoms with van der Waals surface area (Å²) in [6, 6.07) is 5.90. The minimum Gasteiger partial charge on any atom is -0.316 e. The first-order chi connectivity index (χ1) is 5.24. The van der Waals surface area contributed by atoms with Crippen molar-refractivity contribution in [3.8, 4) is 0 Å². The van der Waals surface area contributed by atoms with Crippen LogP contribution >= 0.6 is 39.9 Å². The van der Waals surface area contributed by atoms with Gasteiger partial charge in [0.05, 0.1) is 5.02 Å². The highest BCUT2D eigenvalue weighted by molar-refractivity contribution is 9.10. The summed E-state index contributed by atoms with van der Waals surface area (Å²) < 4.78 is 0.951. The number of hydrogen-bond acceptors (Lipinski definition) is 1. The molecule has 0 heterocycles. The van der Waals surface area contributed by atoms with Gasteiger partial charge in [0, 0.05) is 11.0 Å². The van der Waals surface area contributed by atoms with Crippen molar-refractivity contribution >= 4 is 39.9 Å². The van der Waals surface area contributed by atoms with Crippen LogP contribution in [0.1, 0.15) is 5.56 Å². The molecule has 0 atom stereocenters. The molecule has 4 heteroatoms. The first-order valence-corrected chi connectivity index (χ1v) is 4.49. The van der Waals surface area contributed by atoms with E-state index in [1.807, 2.05) is 25.2 Å². The predicted molar refractivity (Wildman–Crippen MR) is 59.2 cm³/mol. The van der Waals surface area contributed by atoms with Crippen LogP contribution in [0.15, 0.2) is 22.7 Å². The molecule has 0 unspecified atom stereocenters. The number of halogens is 3. The summed E-state index contributed by atoms with van der Waals surface area (Å²) in [4.78, 5) is 0. The van der Waals surface area contributed by atoms with Gasteiger partial charge in [-0.1, -0.05) is 17.7 Å². The van der Waals surface area contributed by atoms with Crippen LogP contribution in [0.2, 0.25) is 5.02 Å². The van der Waals surface area contributed by atoms with Gasteiger partial charge in [-0.15, -0.1) is 12.4 Å². The molecule has 0 aliphatic rings. The number of benzene rings is 1. The van der Waals surface area contributed by atoms with Crippen molar-refractivity contribution in [3.05, 3.63) is 33.3 Å². The molecule has 1 nitrogen and oxygen atoms in total. The molecular formula is C8H10BrCl2N. The summed E-state index contributed by atoms with van der Waals surface area (Å²) in [5, 5.41) is 3.82. The van der Waals surface area contributed by atoms with Gasteiger partial charge in [0.1, 0.15) is 0 Å². The van der Waals surface area contributed by atoms with Gasteiger partial charge in [-0.2, -0.15) is 0 Å². The molecule has 0 aliphatic carbocycles. The lowest BCUT2D eigenvalue weighted by molar-refractivity contribution is 0.817. The maximum atomic E-state index is 5.81. The van der Waals surface area contributed by atoms with Crippen LogP contribution in [0.4, 0.5) is 0 Å². The molecule has 0 fully saturated rings. The zero-order valence-electron chi connectivity index (χ0n) is 6.60. The Morgan fingerprint density at radius 2 is 2.17 bits per heavy atom. The first kappa shape index (κ1) is 12.2. The van der Waals surface area contributed by atoms with E-state index < -0.39 is 0 Å². The topological polar surface area (TPSA) is 12.0 Å². The van der Waals surface area contributed by atoms with Crippen molar-refractivity contribution in [2.45, 2.75) is 6.54 Å². The van der Waals surface area contributed by atoms with Gasteiger partial charge in [0.15, 0.2) is 0 Å². The average Bonchev–Trinajstić information content (AvgIpc) is 1.98. The Labute approximate surface area is 92.0 Å². The Balaban J connectivity index is 0.00000121. The SMILES string of the molecule is CNCc1ccc(Cl)c(Br)c1.Cl. The van der Waals surface area contributed by atoms with Crippen LogP contribution in [0.3, 0.4) is 0 Å². The maximum Gasteiger partial charge on any atom is 0.0548 e. The Bertz CT molecular complexity index is 253. The van der Waals surface area contributed by atoms with Crippen molar-refractivity contribution in [2.75, 3.05) is 7.05 Å². The monoisotopic (exact) mass is 269 g/mol. The summed E-state index contributed by atoms with van der Waals surface area (Å²) in [5.74, 6) is 0. The molecule has 1 rings (SSSR count). The van der Waals surface area contributed by atoms with E-state index in [4.69, 9.17) is 11.6 Å². The number of rotatable bonds is 2. The second kappa shape index (κ2) is 5.81. The highest BCUT2D eigenvalue weighted by atomic mass is 79.9. The quantitative estimate of drug-likeness (QED) is 0.870. The molecule has 1 aromatic rings. The van der Waals surface area contributed by atoms with E-state index in [2.05, 4.69) is 21.2 Å². The average molecular weight is 271 g/mol. The van der Waals surface area contributed by atoms with E-state index in [1.165, 1.54) is 5.56 Å². The molecule has 12 heavy (non-hydrogen) atoms. The molecule has 0 saturated heterocycles. The normalized spacial score (nSPS) is 9.25. The van der Waals surface area contributed by atoms with Gasteiger partial charge in [0.2, 0.25) is 0 Å². The van der Waals surface area contributed by atoms with E-state index in [0.717, 1.165) is 16.0 Å². The zero-order valence-corrected chi connectivity index (χ0v) is 9.76. The zero-order chi connectivity index (χ0) is 8.27. The molecule has 0 radical (unpaired) electrons. The lowest BCUT2D eigenvalue weighted by Crippen LogP contribution is -2.04. The van der Waals surface area contributed by atoms with Crippen molar-refractivity contribution in [3.63, 3.8) is 0 Å². The fourth-order valence-corrected chi connectivity index (χ4v) is 1.40. The summed E-state index contributed by atoms with van der Waals surface area (Å²) in [7, 11) is 1.92. The second-order valence-electron chi connectivity index (χ2n) is 2.28. The van der Waals surface area contributed by atoms with Crippen molar-refractivity contribution in [2.24, 2.45) is 0 Å². The molecule has 1 aromatic carbocycles. The van der Waals surface area contributed by atoms with E-state index >= 15 is 0 Å². The third-order valence-electron chi connectivity index (χ3n) is 1.36. The van der Waals surface area contributed by atoms with Gasteiger partial charge >= 0.3 is 0 Å². The molecule has 0 saturated carbocycles. The third-order valence-corrected chi connectivity index (χ3v) is 2.58. The standard InChI is InChI=1S/C8H9BrClN.ClH/c1-11-5-6-2-3-8(10)7(9)4-6;/h2-4,11H,5H2,1H3;1H. The summed E-state index contributed by atoms with van der Waals surface area (Å²) in [5.41, 5.74) is 1.23. The Morgan fingerprint density at radius 1 is 1.50 bits per heavy atom. The molecule has 0 bridgehead atoms. The maximum absolute atomic E-state index is 5.81. The second-order valence-corrected chi connectivity index (χ2v) is 3.54. The number of nitrogens with one attached hydrogen (secondary N) is 1. The highest BCUT2D eigenvalue weighted by Crippen LogP contribution is 2.22. The minimum atomic E-state index is 0. The summed E-state index contributed by atoms with van der Waals surface area (Å²) in [6.45, 7) is 0.871. The van der Waals surface area contributed by atoms with Crippen LogP contribution in [0, 0.1) is 0 Å². The van der Waals surface area contributed by atoms with Crippen LogP contribution in [0.5, 0.6) is 0 Å². The van der Waals surface area contributed by atoms with E-state index in [9.17, 15) is 0 Å². The van der Waals surface area contributed by atoms with Crippen molar-refractivity contribution < 1.29 is 0 Å². The van der Waals surface area contributed by atoms with Crippen LogP contribution in [0.25, 0.3) is 0 Å². The summed E-state index contributed by atoms with van der Waals surface area (Å²) >= 11 is 9.17. The molecule has 1 N–H and O–H groups in total. The van der Waals surface area contributed by atoms with Gasteiger partial charge in [0.25, 0.3) is 0 Å². The lowest BCUT2D eigenvalue weighted by Gasteiger charge is -2.01. The largest absolute Gasteiger partial charge is 0.316 e. The predicted octanol–water partition coefficient (Wildman–Crippen LogP) is 3.24. The van der Waals surface area contributed by atoms with Crippen molar-refractivity contribution in [1.29, 1.82) is 0 Å². The van der Waals surface area contributed by atoms with Gasteiger partial charge in [-0.05, 0) is 40.7 Å². The molecule has 68 valence electrons. The molecule has 0 spiro atoms. The lowest BCUT2D eigenvalue weighted by atomic mass is 10.2. The van der Waals surface area contributed by atoms with Crippen LogP contribution in [-0.2, 0) is 6.54 Å². The van der Waals surface area contributed by atoms with Crippen LogP contribution < -0.4 is 5.32 Å². The Morgan fingerprint density at radius 3 is 2.67 bits per heavy atom. The molecule has 0 amide bonds. The van der Waals surface area contributed by atoms with Gasteiger partial charge < -0.3 is 5.32 Å². The molecule has 0 aromatic heterocycles. The van der Waals surface area contributed by atoms with Crippen LogP contribution in [-0.4, -0.2) is 7.05 Å².